The van der Waals surface area contributed by atoms with Crippen molar-refractivity contribution in [3.63, 3.8) is 0 Å². The fourth-order valence-electron chi connectivity index (χ4n) is 3.54. The van der Waals surface area contributed by atoms with Crippen LogP contribution in [0, 0.1) is 0 Å². The summed E-state index contributed by atoms with van der Waals surface area (Å²) in [7, 11) is 0. The maximum absolute atomic E-state index is 12.1. The summed E-state index contributed by atoms with van der Waals surface area (Å²) in [5.74, 6) is 1.17. The largest absolute Gasteiger partial charge is 0.384 e. The molecule has 4 rings (SSSR count). The van der Waals surface area contributed by atoms with Crippen molar-refractivity contribution in [2.75, 3.05) is 29.9 Å². The summed E-state index contributed by atoms with van der Waals surface area (Å²) in [6.07, 6.45) is 5.28. The topological polar surface area (TPSA) is 103 Å². The maximum Gasteiger partial charge on any atom is 0.245 e. The SMILES string of the molecule is CC(C)(O)c1ccc(-c2cnc3c(n2)N(C2CCNCC2)CC(=O)N3)cn1.[HH].[HH]. The molecule has 1 saturated heterocycles. The minimum absolute atomic E-state index is 0. The van der Waals surface area contributed by atoms with Crippen LogP contribution in [0.4, 0.5) is 11.6 Å². The third-order valence-corrected chi connectivity index (χ3v) is 5.03. The van der Waals surface area contributed by atoms with E-state index in [2.05, 4.69) is 25.5 Å². The van der Waals surface area contributed by atoms with Crippen LogP contribution < -0.4 is 15.5 Å². The van der Waals surface area contributed by atoms with Crippen molar-refractivity contribution < 1.29 is 12.8 Å². The van der Waals surface area contributed by atoms with Gasteiger partial charge in [-0.3, -0.25) is 9.78 Å². The van der Waals surface area contributed by atoms with Gasteiger partial charge in [0.1, 0.15) is 5.60 Å². The molecule has 2 aliphatic rings. The molecule has 2 aromatic heterocycles. The van der Waals surface area contributed by atoms with E-state index in [9.17, 15) is 9.90 Å². The predicted octanol–water partition coefficient (Wildman–Crippen LogP) is 1.77. The first-order valence-electron chi connectivity index (χ1n) is 9.25. The molecule has 0 saturated carbocycles. The van der Waals surface area contributed by atoms with E-state index in [4.69, 9.17) is 4.98 Å². The Morgan fingerprint density at radius 1 is 1.22 bits per heavy atom. The van der Waals surface area contributed by atoms with Gasteiger partial charge >= 0.3 is 0 Å². The number of anilines is 2. The number of carbonyl (C=O) groups excluding carboxylic acids is 1. The van der Waals surface area contributed by atoms with E-state index in [1.165, 1.54) is 0 Å². The molecule has 1 fully saturated rings. The third-order valence-electron chi connectivity index (χ3n) is 5.03. The van der Waals surface area contributed by atoms with Crippen LogP contribution >= 0.6 is 0 Å². The highest BCUT2D eigenvalue weighted by molar-refractivity contribution is 5.99. The molecular formula is C19H28N6O2. The summed E-state index contributed by atoms with van der Waals surface area (Å²) in [5, 5.41) is 16.2. The van der Waals surface area contributed by atoms with Crippen molar-refractivity contribution in [2.24, 2.45) is 0 Å². The quantitative estimate of drug-likeness (QED) is 0.754. The van der Waals surface area contributed by atoms with Gasteiger partial charge in [0.05, 0.1) is 24.1 Å². The molecule has 8 heteroatoms. The van der Waals surface area contributed by atoms with E-state index in [1.807, 2.05) is 6.07 Å². The first-order chi connectivity index (χ1) is 12.9. The number of hydrogen-bond donors (Lipinski definition) is 3. The Bertz CT molecular complexity index is 851. The molecule has 0 radical (unpaired) electrons. The zero-order valence-corrected chi connectivity index (χ0v) is 15.6. The van der Waals surface area contributed by atoms with Crippen LogP contribution in [0.3, 0.4) is 0 Å². The zero-order valence-electron chi connectivity index (χ0n) is 15.6. The fourth-order valence-corrected chi connectivity index (χ4v) is 3.54. The van der Waals surface area contributed by atoms with Crippen molar-refractivity contribution in [1.82, 2.24) is 20.3 Å². The monoisotopic (exact) mass is 372 g/mol. The van der Waals surface area contributed by atoms with Crippen molar-refractivity contribution in [3.05, 3.63) is 30.2 Å². The Labute approximate surface area is 161 Å². The highest BCUT2D eigenvalue weighted by atomic mass is 16.3. The number of fused-ring (bicyclic) bond motifs is 1. The van der Waals surface area contributed by atoms with E-state index < -0.39 is 5.60 Å². The van der Waals surface area contributed by atoms with Crippen molar-refractivity contribution in [2.45, 2.75) is 38.3 Å². The molecule has 0 unspecified atom stereocenters. The normalized spacial score (nSPS) is 18.2. The first kappa shape index (κ1) is 17.8. The van der Waals surface area contributed by atoms with Gasteiger partial charge in [0, 0.05) is 20.7 Å². The lowest BCUT2D eigenvalue weighted by Crippen LogP contribution is -2.49. The van der Waals surface area contributed by atoms with E-state index >= 15 is 0 Å². The minimum Gasteiger partial charge on any atom is -0.384 e. The van der Waals surface area contributed by atoms with E-state index in [0.717, 1.165) is 31.5 Å². The summed E-state index contributed by atoms with van der Waals surface area (Å²) >= 11 is 0. The van der Waals surface area contributed by atoms with Crippen LogP contribution in [0.2, 0.25) is 0 Å². The zero-order chi connectivity index (χ0) is 19.0. The number of piperidine rings is 1. The third kappa shape index (κ3) is 3.63. The first-order valence-corrected chi connectivity index (χ1v) is 9.25. The highest BCUT2D eigenvalue weighted by Gasteiger charge is 2.31. The van der Waals surface area contributed by atoms with Crippen LogP contribution in [0.5, 0.6) is 0 Å². The summed E-state index contributed by atoms with van der Waals surface area (Å²) in [5.41, 5.74) is 1.12. The summed E-state index contributed by atoms with van der Waals surface area (Å²) in [6.45, 7) is 5.58. The van der Waals surface area contributed by atoms with Crippen LogP contribution in [-0.4, -0.2) is 51.6 Å². The molecule has 4 heterocycles. The molecule has 0 atom stereocenters. The number of nitrogens with one attached hydrogen (secondary N) is 2. The number of aromatic nitrogens is 3. The Balaban J connectivity index is 0.00000150. The Morgan fingerprint density at radius 2 is 2.00 bits per heavy atom. The van der Waals surface area contributed by atoms with E-state index in [-0.39, 0.29) is 14.8 Å². The number of carbonyl (C=O) groups is 1. The molecule has 0 spiro atoms. The van der Waals surface area contributed by atoms with Crippen molar-refractivity contribution in [1.29, 1.82) is 0 Å². The van der Waals surface area contributed by atoms with Crippen molar-refractivity contribution in [3.8, 4) is 11.3 Å². The number of amides is 1. The summed E-state index contributed by atoms with van der Waals surface area (Å²) in [4.78, 5) is 27.7. The van der Waals surface area contributed by atoms with Gasteiger partial charge in [-0.2, -0.15) is 0 Å². The average Bonchev–Trinajstić information content (AvgIpc) is 2.67. The van der Waals surface area contributed by atoms with Gasteiger partial charge in [-0.25, -0.2) is 9.97 Å². The number of aliphatic hydroxyl groups is 1. The average molecular weight is 372 g/mol. The fraction of sp³-hybridized carbons (Fsp3) is 0.474. The Kier molecular flexibility index (Phi) is 4.53. The van der Waals surface area contributed by atoms with Crippen LogP contribution in [0.15, 0.2) is 24.5 Å². The number of nitrogens with zero attached hydrogens (tertiary/aromatic N) is 4. The Hall–Kier alpha value is -2.58. The standard InChI is InChI=1S/C19H24N6O2.2H2/c1-19(2,27)15-4-3-12(9-21-15)14-10-22-17-18(23-14)25(11-16(26)24-17)13-5-7-20-8-6-13;;/h3-4,9-10,13,20,27H,5-8,11H2,1-2H3,(H,22,24,26);2*1H. The van der Waals surface area contributed by atoms with Gasteiger partial charge in [-0.1, -0.05) is 0 Å². The second-order valence-corrected chi connectivity index (χ2v) is 7.58. The van der Waals surface area contributed by atoms with Gasteiger partial charge < -0.3 is 20.6 Å². The Morgan fingerprint density at radius 3 is 2.67 bits per heavy atom. The van der Waals surface area contributed by atoms with Gasteiger partial charge in [0.15, 0.2) is 11.6 Å². The lowest BCUT2D eigenvalue weighted by molar-refractivity contribution is -0.115. The second-order valence-electron chi connectivity index (χ2n) is 7.58. The smallest absolute Gasteiger partial charge is 0.245 e. The number of hydrogen-bond acceptors (Lipinski definition) is 7. The molecule has 3 N–H and O–H groups in total. The van der Waals surface area contributed by atoms with E-state index in [0.29, 0.717) is 29.6 Å². The molecule has 0 bridgehead atoms. The molecule has 2 aromatic rings. The summed E-state index contributed by atoms with van der Waals surface area (Å²) < 4.78 is 0. The lowest BCUT2D eigenvalue weighted by atomic mass is 10.0. The van der Waals surface area contributed by atoms with Crippen molar-refractivity contribution >= 4 is 17.5 Å². The van der Waals surface area contributed by atoms with Crippen LogP contribution in [0.25, 0.3) is 11.3 Å². The minimum atomic E-state index is -0.990. The lowest BCUT2D eigenvalue weighted by Gasteiger charge is -2.38. The summed E-state index contributed by atoms with van der Waals surface area (Å²) in [6, 6.07) is 3.95. The maximum atomic E-state index is 12.1. The number of pyridine rings is 1. The van der Waals surface area contributed by atoms with Gasteiger partial charge in [-0.15, -0.1) is 0 Å². The van der Waals surface area contributed by atoms with Gasteiger partial charge in [-0.05, 0) is 51.9 Å². The predicted molar refractivity (Wildman–Crippen MR) is 107 cm³/mol. The molecule has 2 aliphatic heterocycles. The number of rotatable bonds is 3. The molecule has 146 valence electrons. The molecular weight excluding hydrogens is 344 g/mol. The highest BCUT2D eigenvalue weighted by Crippen LogP contribution is 2.31. The molecule has 0 aromatic carbocycles. The van der Waals surface area contributed by atoms with E-state index in [1.54, 1.807) is 32.3 Å². The van der Waals surface area contributed by atoms with Crippen LogP contribution in [-0.2, 0) is 10.4 Å². The molecule has 1 amide bonds. The van der Waals surface area contributed by atoms with Gasteiger partial charge in [0.25, 0.3) is 0 Å². The van der Waals surface area contributed by atoms with Crippen LogP contribution in [0.1, 0.15) is 35.2 Å². The molecule has 8 nitrogen and oxygen atoms in total. The molecule has 0 aliphatic carbocycles. The molecule has 27 heavy (non-hydrogen) atoms. The second kappa shape index (κ2) is 6.86. The van der Waals surface area contributed by atoms with Gasteiger partial charge in [0.2, 0.25) is 5.91 Å².